The Kier molecular flexibility index (Phi) is 5.51. The molecule has 0 saturated heterocycles. The molecule has 7 nitrogen and oxygen atoms in total. The van der Waals surface area contributed by atoms with E-state index in [9.17, 15) is 19.5 Å². The lowest BCUT2D eigenvalue weighted by Crippen LogP contribution is -2.36. The highest BCUT2D eigenvalue weighted by molar-refractivity contribution is 6.01. The number of para-hydroxylation sites is 1. The maximum Gasteiger partial charge on any atom is 0.353 e. The smallest absolute Gasteiger partial charge is 0.353 e. The molecule has 27 heavy (non-hydrogen) atoms. The van der Waals surface area contributed by atoms with Gasteiger partial charge in [-0.3, -0.25) is 9.59 Å². The first-order chi connectivity index (χ1) is 13.1. The van der Waals surface area contributed by atoms with Crippen molar-refractivity contribution >= 4 is 22.8 Å². The minimum atomic E-state index is -0.920. The minimum Gasteiger partial charge on any atom is -0.506 e. The van der Waals surface area contributed by atoms with Crippen LogP contribution in [0.5, 0.6) is 5.75 Å². The minimum absolute atomic E-state index is 0.102. The van der Waals surface area contributed by atoms with Crippen molar-refractivity contribution in [2.45, 2.75) is 6.42 Å². The predicted octanol–water partition coefficient (Wildman–Crippen LogP) is 1.59. The predicted molar refractivity (Wildman–Crippen MR) is 99.6 cm³/mol. The molecule has 2 aromatic carbocycles. The summed E-state index contributed by atoms with van der Waals surface area (Å²) in [5, 5.41) is 15.7. The van der Waals surface area contributed by atoms with Crippen molar-refractivity contribution in [1.82, 2.24) is 10.6 Å². The van der Waals surface area contributed by atoms with Crippen LogP contribution >= 0.6 is 0 Å². The Morgan fingerprint density at radius 1 is 0.926 bits per heavy atom. The molecule has 0 radical (unpaired) electrons. The van der Waals surface area contributed by atoms with Crippen LogP contribution in [0.15, 0.2) is 63.8 Å². The Labute approximate surface area is 154 Å². The lowest BCUT2D eigenvalue weighted by Gasteiger charge is -2.08. The molecule has 3 N–H and O–H groups in total. The number of amides is 2. The van der Waals surface area contributed by atoms with Gasteiger partial charge in [0.15, 0.2) is 5.56 Å². The van der Waals surface area contributed by atoms with Gasteiger partial charge >= 0.3 is 5.63 Å². The van der Waals surface area contributed by atoms with E-state index in [0.717, 1.165) is 5.56 Å². The molecule has 7 heteroatoms. The quantitative estimate of drug-likeness (QED) is 0.453. The van der Waals surface area contributed by atoms with Gasteiger partial charge in [-0.15, -0.1) is 0 Å². The second-order valence-electron chi connectivity index (χ2n) is 5.88. The van der Waals surface area contributed by atoms with Crippen molar-refractivity contribution in [1.29, 1.82) is 0 Å². The number of nitrogens with one attached hydrogen (secondary N) is 2. The Morgan fingerprint density at radius 3 is 2.37 bits per heavy atom. The second-order valence-corrected chi connectivity index (χ2v) is 5.88. The van der Waals surface area contributed by atoms with Crippen LogP contribution in [0.2, 0.25) is 0 Å². The molecule has 0 spiro atoms. The van der Waals surface area contributed by atoms with E-state index in [-0.39, 0.29) is 36.4 Å². The maximum absolute atomic E-state index is 12.2. The monoisotopic (exact) mass is 366 g/mol. The molecule has 1 aromatic heterocycles. The zero-order chi connectivity index (χ0) is 19.2. The molecular formula is C20H18N2O5. The van der Waals surface area contributed by atoms with Crippen LogP contribution in [-0.2, 0) is 11.2 Å². The normalized spacial score (nSPS) is 10.5. The van der Waals surface area contributed by atoms with E-state index in [4.69, 9.17) is 4.42 Å². The first-order valence-corrected chi connectivity index (χ1v) is 8.40. The fourth-order valence-corrected chi connectivity index (χ4v) is 2.64. The van der Waals surface area contributed by atoms with Crippen LogP contribution in [0.1, 0.15) is 15.9 Å². The number of aromatic hydroxyl groups is 1. The highest BCUT2D eigenvalue weighted by Gasteiger charge is 2.20. The van der Waals surface area contributed by atoms with Crippen molar-refractivity contribution in [2.24, 2.45) is 0 Å². The van der Waals surface area contributed by atoms with Crippen molar-refractivity contribution in [2.75, 3.05) is 13.1 Å². The fraction of sp³-hybridized carbons (Fsp3) is 0.150. The first kappa shape index (κ1) is 18.2. The molecule has 0 atom stereocenters. The van der Waals surface area contributed by atoms with E-state index in [0.29, 0.717) is 0 Å². The topological polar surface area (TPSA) is 109 Å². The zero-order valence-corrected chi connectivity index (χ0v) is 14.4. The molecular weight excluding hydrogens is 348 g/mol. The average molecular weight is 366 g/mol. The van der Waals surface area contributed by atoms with Gasteiger partial charge in [-0.2, -0.15) is 0 Å². The molecule has 3 rings (SSSR count). The summed E-state index contributed by atoms with van der Waals surface area (Å²) in [4.78, 5) is 36.1. The van der Waals surface area contributed by atoms with Crippen LogP contribution in [0.4, 0.5) is 0 Å². The SMILES string of the molecule is O=C(Cc1ccccc1)NCCNC(=O)c1c(O)c2ccccc2oc1=O. The summed E-state index contributed by atoms with van der Waals surface area (Å²) in [5.41, 5.74) is -0.288. The Hall–Kier alpha value is -3.61. The Bertz CT molecular complexity index is 1030. The van der Waals surface area contributed by atoms with Crippen molar-refractivity contribution < 1.29 is 19.1 Å². The molecule has 2 amide bonds. The number of rotatable bonds is 6. The van der Waals surface area contributed by atoms with Gasteiger partial charge < -0.3 is 20.2 Å². The van der Waals surface area contributed by atoms with E-state index in [1.807, 2.05) is 30.3 Å². The molecule has 3 aromatic rings. The second kappa shape index (κ2) is 8.18. The third kappa shape index (κ3) is 4.33. The van der Waals surface area contributed by atoms with Gasteiger partial charge in [-0.25, -0.2) is 4.79 Å². The van der Waals surface area contributed by atoms with Crippen LogP contribution in [0.3, 0.4) is 0 Å². The number of hydrogen-bond donors (Lipinski definition) is 3. The maximum atomic E-state index is 12.2. The summed E-state index contributed by atoms with van der Waals surface area (Å²) in [6.45, 7) is 0.294. The summed E-state index contributed by atoms with van der Waals surface area (Å²) in [7, 11) is 0. The van der Waals surface area contributed by atoms with Gasteiger partial charge in [0.25, 0.3) is 5.91 Å². The van der Waals surface area contributed by atoms with Crippen molar-refractivity contribution in [3.8, 4) is 5.75 Å². The zero-order valence-electron chi connectivity index (χ0n) is 14.4. The standard InChI is InChI=1S/C20H18N2O5/c23-16(12-13-6-2-1-3-7-13)21-10-11-22-19(25)17-18(24)14-8-4-5-9-15(14)27-20(17)26/h1-9,24H,10-12H2,(H,21,23)(H,22,25). The van der Waals surface area contributed by atoms with Crippen LogP contribution in [-0.4, -0.2) is 30.0 Å². The van der Waals surface area contributed by atoms with Crippen LogP contribution in [0.25, 0.3) is 11.0 Å². The molecule has 0 saturated carbocycles. The number of benzene rings is 2. The van der Waals surface area contributed by atoms with E-state index in [2.05, 4.69) is 10.6 Å². The highest BCUT2D eigenvalue weighted by Crippen LogP contribution is 2.25. The molecule has 138 valence electrons. The fourth-order valence-electron chi connectivity index (χ4n) is 2.64. The lowest BCUT2D eigenvalue weighted by molar-refractivity contribution is -0.120. The van der Waals surface area contributed by atoms with E-state index < -0.39 is 22.8 Å². The molecule has 0 unspecified atom stereocenters. The van der Waals surface area contributed by atoms with E-state index in [1.165, 1.54) is 6.07 Å². The third-order valence-electron chi connectivity index (χ3n) is 3.95. The molecule has 0 aliphatic heterocycles. The molecule has 0 aliphatic rings. The van der Waals surface area contributed by atoms with Crippen LogP contribution in [0, 0.1) is 0 Å². The molecule has 0 fully saturated rings. The van der Waals surface area contributed by atoms with Gasteiger partial charge in [0, 0.05) is 13.1 Å². The summed E-state index contributed by atoms with van der Waals surface area (Å²) < 4.78 is 5.06. The first-order valence-electron chi connectivity index (χ1n) is 8.40. The summed E-state index contributed by atoms with van der Waals surface area (Å²) >= 11 is 0. The summed E-state index contributed by atoms with van der Waals surface area (Å²) in [5.74, 6) is -1.36. The number of fused-ring (bicyclic) bond motifs is 1. The Morgan fingerprint density at radius 2 is 1.59 bits per heavy atom. The van der Waals surface area contributed by atoms with Gasteiger partial charge in [-0.1, -0.05) is 42.5 Å². The molecule has 0 bridgehead atoms. The van der Waals surface area contributed by atoms with Gasteiger partial charge in [0.1, 0.15) is 11.3 Å². The van der Waals surface area contributed by atoms with Crippen molar-refractivity contribution in [3.05, 3.63) is 76.1 Å². The number of hydrogen-bond acceptors (Lipinski definition) is 5. The highest BCUT2D eigenvalue weighted by atomic mass is 16.4. The van der Waals surface area contributed by atoms with Gasteiger partial charge in [0.05, 0.1) is 11.8 Å². The van der Waals surface area contributed by atoms with E-state index >= 15 is 0 Å². The third-order valence-corrected chi connectivity index (χ3v) is 3.95. The van der Waals surface area contributed by atoms with Crippen molar-refractivity contribution in [3.63, 3.8) is 0 Å². The molecule has 1 heterocycles. The summed E-state index contributed by atoms with van der Waals surface area (Å²) in [6, 6.07) is 15.7. The molecule has 0 aliphatic carbocycles. The van der Waals surface area contributed by atoms with Gasteiger partial charge in [0.2, 0.25) is 5.91 Å². The number of carbonyl (C=O) groups excluding carboxylic acids is 2. The van der Waals surface area contributed by atoms with E-state index in [1.54, 1.807) is 18.2 Å². The average Bonchev–Trinajstić information content (AvgIpc) is 2.66. The van der Waals surface area contributed by atoms with Gasteiger partial charge in [-0.05, 0) is 17.7 Å². The Balaban J connectivity index is 1.56. The number of carbonyl (C=O) groups is 2. The summed E-state index contributed by atoms with van der Waals surface area (Å²) in [6.07, 6.45) is 0.240. The van der Waals surface area contributed by atoms with Crippen LogP contribution < -0.4 is 16.3 Å². The largest absolute Gasteiger partial charge is 0.506 e. The lowest BCUT2D eigenvalue weighted by atomic mass is 10.1.